The van der Waals surface area contributed by atoms with Crippen molar-refractivity contribution in [3.63, 3.8) is 0 Å². The summed E-state index contributed by atoms with van der Waals surface area (Å²) >= 11 is 0. The number of aromatic hydroxyl groups is 1. The second-order valence-electron chi connectivity index (χ2n) is 4.74. The molecule has 1 aromatic rings. The van der Waals surface area contributed by atoms with Crippen molar-refractivity contribution < 1.29 is 14.6 Å². The zero-order chi connectivity index (χ0) is 13.9. The minimum Gasteiger partial charge on any atom is -0.504 e. The number of methoxy groups -OCH3 is 1. The largest absolute Gasteiger partial charge is 0.504 e. The van der Waals surface area contributed by atoms with Gasteiger partial charge in [0.1, 0.15) is 5.54 Å². The average Bonchev–Trinajstić information content (AvgIpc) is 2.87. The lowest BCUT2D eigenvalue weighted by atomic mass is 9.99. The first-order valence-corrected chi connectivity index (χ1v) is 6.21. The fourth-order valence-corrected chi connectivity index (χ4v) is 2.36. The molecule has 0 saturated heterocycles. The van der Waals surface area contributed by atoms with Crippen LogP contribution < -0.4 is 10.1 Å². The van der Waals surface area contributed by atoms with E-state index in [0.717, 1.165) is 12.8 Å². The highest BCUT2D eigenvalue weighted by Gasteiger charge is 2.35. The smallest absolute Gasteiger partial charge is 0.252 e. The van der Waals surface area contributed by atoms with Crippen molar-refractivity contribution in [1.29, 1.82) is 5.26 Å². The van der Waals surface area contributed by atoms with Gasteiger partial charge in [0.05, 0.1) is 13.2 Å². The van der Waals surface area contributed by atoms with Gasteiger partial charge in [0.25, 0.3) is 5.91 Å². The molecule has 100 valence electrons. The van der Waals surface area contributed by atoms with Crippen LogP contribution in [0.15, 0.2) is 18.2 Å². The summed E-state index contributed by atoms with van der Waals surface area (Å²) in [5.41, 5.74) is -0.438. The number of carbonyl (C=O) groups is 1. The molecule has 0 radical (unpaired) electrons. The Hall–Kier alpha value is -2.22. The third-order valence-electron chi connectivity index (χ3n) is 3.46. The third kappa shape index (κ3) is 2.63. The summed E-state index contributed by atoms with van der Waals surface area (Å²) in [5.74, 6) is -0.124. The van der Waals surface area contributed by atoms with Crippen LogP contribution in [-0.2, 0) is 0 Å². The number of phenols is 1. The molecule has 0 aromatic heterocycles. The Bertz CT molecular complexity index is 528. The Morgan fingerprint density at radius 3 is 2.68 bits per heavy atom. The molecule has 1 fully saturated rings. The highest BCUT2D eigenvalue weighted by molar-refractivity contribution is 5.95. The van der Waals surface area contributed by atoms with Crippen molar-refractivity contribution in [3.8, 4) is 17.6 Å². The van der Waals surface area contributed by atoms with Crippen molar-refractivity contribution in [2.75, 3.05) is 7.11 Å². The number of phenolic OH excluding ortho intramolecular Hbond substituents is 1. The summed E-state index contributed by atoms with van der Waals surface area (Å²) in [6.07, 6.45) is 3.25. The quantitative estimate of drug-likeness (QED) is 0.870. The Kier molecular flexibility index (Phi) is 3.61. The van der Waals surface area contributed by atoms with E-state index in [2.05, 4.69) is 11.4 Å². The Balaban J connectivity index is 2.16. The minimum absolute atomic E-state index is 0.0902. The van der Waals surface area contributed by atoms with Gasteiger partial charge in [-0.05, 0) is 43.9 Å². The van der Waals surface area contributed by atoms with Crippen LogP contribution in [0.4, 0.5) is 0 Å². The van der Waals surface area contributed by atoms with Gasteiger partial charge in [-0.25, -0.2) is 0 Å². The number of nitrogens with one attached hydrogen (secondary N) is 1. The van der Waals surface area contributed by atoms with Gasteiger partial charge < -0.3 is 15.2 Å². The van der Waals surface area contributed by atoms with Gasteiger partial charge in [0.15, 0.2) is 11.5 Å². The summed E-state index contributed by atoms with van der Waals surface area (Å²) in [4.78, 5) is 12.1. The second-order valence-corrected chi connectivity index (χ2v) is 4.74. The highest BCUT2D eigenvalue weighted by Crippen LogP contribution is 2.30. The lowest BCUT2D eigenvalue weighted by molar-refractivity contribution is 0.0920. The molecule has 2 N–H and O–H groups in total. The van der Waals surface area contributed by atoms with E-state index in [0.29, 0.717) is 24.2 Å². The molecule has 2 rings (SSSR count). The van der Waals surface area contributed by atoms with Crippen molar-refractivity contribution in [2.24, 2.45) is 0 Å². The molecule has 0 unspecified atom stereocenters. The molecule has 0 bridgehead atoms. The van der Waals surface area contributed by atoms with Gasteiger partial charge in [-0.3, -0.25) is 4.79 Å². The maximum Gasteiger partial charge on any atom is 0.252 e. The van der Waals surface area contributed by atoms with Crippen molar-refractivity contribution >= 4 is 5.91 Å². The van der Waals surface area contributed by atoms with Crippen molar-refractivity contribution in [2.45, 2.75) is 31.2 Å². The number of amides is 1. The molecule has 19 heavy (non-hydrogen) atoms. The lowest BCUT2D eigenvalue weighted by Gasteiger charge is -2.22. The van der Waals surface area contributed by atoms with Gasteiger partial charge >= 0.3 is 0 Å². The van der Waals surface area contributed by atoms with Crippen LogP contribution in [0.25, 0.3) is 0 Å². The van der Waals surface area contributed by atoms with E-state index in [-0.39, 0.29) is 11.7 Å². The fourth-order valence-electron chi connectivity index (χ4n) is 2.36. The number of rotatable bonds is 3. The van der Waals surface area contributed by atoms with Crippen LogP contribution in [0.5, 0.6) is 11.5 Å². The topological polar surface area (TPSA) is 82.3 Å². The van der Waals surface area contributed by atoms with E-state index >= 15 is 0 Å². The van der Waals surface area contributed by atoms with Crippen LogP contribution in [0.3, 0.4) is 0 Å². The monoisotopic (exact) mass is 260 g/mol. The predicted molar refractivity (Wildman–Crippen MR) is 68.9 cm³/mol. The molecule has 5 nitrogen and oxygen atoms in total. The van der Waals surface area contributed by atoms with E-state index in [1.54, 1.807) is 6.07 Å². The third-order valence-corrected chi connectivity index (χ3v) is 3.46. The first kappa shape index (κ1) is 13.2. The second kappa shape index (κ2) is 5.19. The normalized spacial score (nSPS) is 16.6. The Labute approximate surface area is 111 Å². The number of nitrogens with zero attached hydrogens (tertiary/aromatic N) is 1. The Morgan fingerprint density at radius 2 is 2.16 bits per heavy atom. The number of benzene rings is 1. The maximum absolute atomic E-state index is 12.1. The summed E-state index contributed by atoms with van der Waals surface area (Å²) in [7, 11) is 1.44. The summed E-state index contributed by atoms with van der Waals surface area (Å²) < 4.78 is 4.92. The van der Waals surface area contributed by atoms with Crippen LogP contribution in [0.2, 0.25) is 0 Å². The zero-order valence-corrected chi connectivity index (χ0v) is 10.8. The standard InChI is InChI=1S/C14H16N2O3/c1-19-12-5-4-10(8-11(12)17)13(18)16-14(9-15)6-2-3-7-14/h4-5,8,17H,2-3,6-7H2,1H3,(H,16,18). The zero-order valence-electron chi connectivity index (χ0n) is 10.8. The number of hydrogen-bond donors (Lipinski definition) is 2. The van der Waals surface area contributed by atoms with Gasteiger partial charge in [0.2, 0.25) is 0 Å². The molecule has 1 aliphatic rings. The summed E-state index contributed by atoms with van der Waals surface area (Å²) in [6, 6.07) is 6.63. The maximum atomic E-state index is 12.1. The van der Waals surface area contributed by atoms with Gasteiger partial charge in [-0.2, -0.15) is 5.26 Å². The molecule has 0 aliphatic heterocycles. The van der Waals surface area contributed by atoms with E-state index in [1.165, 1.54) is 19.2 Å². The predicted octanol–water partition coefficient (Wildman–Crippen LogP) is 1.97. The van der Waals surface area contributed by atoms with E-state index in [1.807, 2.05) is 0 Å². The van der Waals surface area contributed by atoms with Gasteiger partial charge in [0, 0.05) is 5.56 Å². The summed E-state index contributed by atoms with van der Waals surface area (Å²) in [5, 5.41) is 21.6. The lowest BCUT2D eigenvalue weighted by Crippen LogP contribution is -2.45. The SMILES string of the molecule is COc1ccc(C(=O)NC2(C#N)CCCC2)cc1O. The minimum atomic E-state index is -0.757. The average molecular weight is 260 g/mol. The van der Waals surface area contributed by atoms with Gasteiger partial charge in [-0.15, -0.1) is 0 Å². The van der Waals surface area contributed by atoms with Crippen molar-refractivity contribution in [1.82, 2.24) is 5.32 Å². The molecule has 5 heteroatoms. The molecule has 1 saturated carbocycles. The molecular formula is C14H16N2O3. The molecule has 0 atom stereocenters. The molecular weight excluding hydrogens is 244 g/mol. The fraction of sp³-hybridized carbons (Fsp3) is 0.429. The number of hydrogen-bond acceptors (Lipinski definition) is 4. The van der Waals surface area contributed by atoms with Crippen LogP contribution >= 0.6 is 0 Å². The highest BCUT2D eigenvalue weighted by atomic mass is 16.5. The van der Waals surface area contributed by atoms with Crippen LogP contribution in [0, 0.1) is 11.3 Å². The number of nitriles is 1. The first-order valence-electron chi connectivity index (χ1n) is 6.21. The molecule has 0 spiro atoms. The molecule has 0 heterocycles. The van der Waals surface area contributed by atoms with E-state index < -0.39 is 5.54 Å². The number of carbonyl (C=O) groups excluding carboxylic acids is 1. The van der Waals surface area contributed by atoms with E-state index in [4.69, 9.17) is 4.74 Å². The van der Waals surface area contributed by atoms with Crippen LogP contribution in [-0.4, -0.2) is 23.7 Å². The summed E-state index contributed by atoms with van der Waals surface area (Å²) in [6.45, 7) is 0. The van der Waals surface area contributed by atoms with Crippen molar-refractivity contribution in [3.05, 3.63) is 23.8 Å². The molecule has 1 aliphatic carbocycles. The first-order chi connectivity index (χ1) is 9.10. The number of ether oxygens (including phenoxy) is 1. The van der Waals surface area contributed by atoms with E-state index in [9.17, 15) is 15.2 Å². The van der Waals surface area contributed by atoms with Gasteiger partial charge in [-0.1, -0.05) is 0 Å². The molecule has 1 aromatic carbocycles. The van der Waals surface area contributed by atoms with Crippen LogP contribution in [0.1, 0.15) is 36.0 Å². The Morgan fingerprint density at radius 1 is 1.47 bits per heavy atom. The molecule has 1 amide bonds.